The van der Waals surface area contributed by atoms with E-state index in [1.54, 1.807) is 0 Å². The first-order chi connectivity index (χ1) is 5.36. The molecule has 2 aliphatic carbocycles. The van der Waals surface area contributed by atoms with Crippen LogP contribution in [0.4, 0.5) is 0 Å². The van der Waals surface area contributed by atoms with Gasteiger partial charge in [-0.2, -0.15) is 0 Å². The minimum absolute atomic E-state index is 0.536. The molecular formula is C10H19N. The Balaban J connectivity index is 1.93. The highest BCUT2D eigenvalue weighted by Crippen LogP contribution is 2.39. The second-order valence-corrected chi connectivity index (χ2v) is 4.38. The quantitative estimate of drug-likeness (QED) is 0.568. The van der Waals surface area contributed by atoms with Crippen molar-refractivity contribution in [1.29, 1.82) is 0 Å². The number of hydrogen-bond acceptors (Lipinski definition) is 1. The number of nitrogens with two attached hydrogens (primary N) is 1. The lowest BCUT2D eigenvalue weighted by Crippen LogP contribution is -2.34. The maximum absolute atomic E-state index is 5.94. The molecule has 2 aliphatic rings. The van der Waals surface area contributed by atoms with Gasteiger partial charge in [0, 0.05) is 6.04 Å². The molecule has 2 rings (SSSR count). The Labute approximate surface area is 69.4 Å². The van der Waals surface area contributed by atoms with E-state index >= 15 is 0 Å². The Morgan fingerprint density at radius 1 is 0.818 bits per heavy atom. The maximum Gasteiger partial charge on any atom is 0.00416 e. The third kappa shape index (κ3) is 1.58. The van der Waals surface area contributed by atoms with E-state index in [1.165, 1.54) is 44.9 Å². The van der Waals surface area contributed by atoms with Crippen LogP contribution in [0.25, 0.3) is 0 Å². The molecule has 0 radical (unpaired) electrons. The molecule has 0 amide bonds. The predicted molar refractivity (Wildman–Crippen MR) is 47.3 cm³/mol. The molecule has 11 heavy (non-hydrogen) atoms. The largest absolute Gasteiger partial charge is 0.328 e. The lowest BCUT2D eigenvalue weighted by atomic mass is 9.70. The van der Waals surface area contributed by atoms with Gasteiger partial charge in [0.15, 0.2) is 0 Å². The van der Waals surface area contributed by atoms with Gasteiger partial charge in [0.1, 0.15) is 0 Å². The van der Waals surface area contributed by atoms with Crippen molar-refractivity contribution in [2.75, 3.05) is 0 Å². The van der Waals surface area contributed by atoms with E-state index < -0.39 is 0 Å². The van der Waals surface area contributed by atoms with Crippen LogP contribution in [0.5, 0.6) is 0 Å². The molecule has 0 saturated heterocycles. The molecule has 2 N–H and O–H groups in total. The zero-order chi connectivity index (χ0) is 7.68. The minimum atomic E-state index is 0.536. The standard InChI is InChI=1S/C10H19N/c11-10-6-5-8-3-1-2-4-9(8)7-10/h8-10H,1-7,11H2/t8-,9+,10+/m1/s1. The van der Waals surface area contributed by atoms with Crippen LogP contribution in [0.1, 0.15) is 44.9 Å². The summed E-state index contributed by atoms with van der Waals surface area (Å²) >= 11 is 0. The minimum Gasteiger partial charge on any atom is -0.328 e. The molecule has 64 valence electrons. The van der Waals surface area contributed by atoms with Crippen molar-refractivity contribution in [1.82, 2.24) is 0 Å². The van der Waals surface area contributed by atoms with Crippen molar-refractivity contribution in [3.05, 3.63) is 0 Å². The van der Waals surface area contributed by atoms with Gasteiger partial charge in [-0.3, -0.25) is 0 Å². The van der Waals surface area contributed by atoms with Gasteiger partial charge in [0.2, 0.25) is 0 Å². The molecule has 0 unspecified atom stereocenters. The molecule has 2 fully saturated rings. The summed E-state index contributed by atoms with van der Waals surface area (Å²) in [6.45, 7) is 0. The fraction of sp³-hybridized carbons (Fsp3) is 1.00. The Morgan fingerprint density at radius 2 is 1.55 bits per heavy atom. The average Bonchev–Trinajstić information content (AvgIpc) is 2.04. The number of rotatable bonds is 0. The summed E-state index contributed by atoms with van der Waals surface area (Å²) in [6, 6.07) is 0.536. The monoisotopic (exact) mass is 153 g/mol. The van der Waals surface area contributed by atoms with Crippen LogP contribution in [-0.2, 0) is 0 Å². The molecule has 0 aliphatic heterocycles. The molecular weight excluding hydrogens is 134 g/mol. The molecule has 3 atom stereocenters. The molecule has 0 heterocycles. The van der Waals surface area contributed by atoms with E-state index in [0.717, 1.165) is 11.8 Å². The SMILES string of the molecule is N[C@H]1CC[C@H]2CCCC[C@H]2C1. The summed E-state index contributed by atoms with van der Waals surface area (Å²) in [5.41, 5.74) is 5.94. The van der Waals surface area contributed by atoms with Crippen molar-refractivity contribution in [2.45, 2.75) is 51.0 Å². The van der Waals surface area contributed by atoms with Crippen molar-refractivity contribution < 1.29 is 0 Å². The third-order valence-corrected chi connectivity index (χ3v) is 3.58. The highest BCUT2D eigenvalue weighted by Gasteiger charge is 2.30. The van der Waals surface area contributed by atoms with Crippen LogP contribution in [0.15, 0.2) is 0 Å². The van der Waals surface area contributed by atoms with Crippen molar-refractivity contribution in [2.24, 2.45) is 17.6 Å². The highest BCUT2D eigenvalue weighted by molar-refractivity contribution is 4.84. The first-order valence-corrected chi connectivity index (χ1v) is 5.12. The normalized spacial score (nSPS) is 45.0. The Bertz CT molecular complexity index is 133. The molecule has 0 aromatic rings. The lowest BCUT2D eigenvalue weighted by molar-refractivity contribution is 0.157. The zero-order valence-electron chi connectivity index (χ0n) is 7.26. The first-order valence-electron chi connectivity index (χ1n) is 5.12. The van der Waals surface area contributed by atoms with E-state index in [-0.39, 0.29) is 0 Å². The van der Waals surface area contributed by atoms with Gasteiger partial charge in [-0.1, -0.05) is 25.7 Å². The summed E-state index contributed by atoms with van der Waals surface area (Å²) in [5.74, 6) is 2.07. The highest BCUT2D eigenvalue weighted by atomic mass is 14.6. The number of hydrogen-bond donors (Lipinski definition) is 1. The van der Waals surface area contributed by atoms with Gasteiger partial charge in [-0.05, 0) is 31.1 Å². The third-order valence-electron chi connectivity index (χ3n) is 3.58. The molecule has 0 bridgehead atoms. The molecule has 0 aromatic carbocycles. The van der Waals surface area contributed by atoms with Gasteiger partial charge in [0.05, 0.1) is 0 Å². The zero-order valence-corrected chi connectivity index (χ0v) is 7.26. The summed E-state index contributed by atoms with van der Waals surface area (Å²) in [4.78, 5) is 0. The predicted octanol–water partition coefficient (Wildman–Crippen LogP) is 2.30. The van der Waals surface area contributed by atoms with E-state index in [1.807, 2.05) is 0 Å². The molecule has 1 heteroatoms. The summed E-state index contributed by atoms with van der Waals surface area (Å²) in [6.07, 6.45) is 9.96. The fourth-order valence-corrected chi connectivity index (χ4v) is 2.91. The second kappa shape index (κ2) is 3.14. The van der Waals surface area contributed by atoms with Gasteiger partial charge < -0.3 is 5.73 Å². The van der Waals surface area contributed by atoms with E-state index in [9.17, 15) is 0 Å². The van der Waals surface area contributed by atoms with Gasteiger partial charge >= 0.3 is 0 Å². The van der Waals surface area contributed by atoms with Crippen LogP contribution >= 0.6 is 0 Å². The van der Waals surface area contributed by atoms with Crippen LogP contribution in [0.3, 0.4) is 0 Å². The van der Waals surface area contributed by atoms with Crippen molar-refractivity contribution in [3.8, 4) is 0 Å². The van der Waals surface area contributed by atoms with Crippen molar-refractivity contribution >= 4 is 0 Å². The maximum atomic E-state index is 5.94. The van der Waals surface area contributed by atoms with Crippen molar-refractivity contribution in [3.63, 3.8) is 0 Å². The summed E-state index contributed by atoms with van der Waals surface area (Å²) < 4.78 is 0. The van der Waals surface area contributed by atoms with Crippen LogP contribution < -0.4 is 5.73 Å². The molecule has 1 nitrogen and oxygen atoms in total. The van der Waals surface area contributed by atoms with Crippen LogP contribution in [0.2, 0.25) is 0 Å². The van der Waals surface area contributed by atoms with E-state index in [0.29, 0.717) is 6.04 Å². The van der Waals surface area contributed by atoms with E-state index in [2.05, 4.69) is 0 Å². The lowest BCUT2D eigenvalue weighted by Gasteiger charge is -2.38. The summed E-state index contributed by atoms with van der Waals surface area (Å²) in [5, 5.41) is 0. The number of fused-ring (bicyclic) bond motifs is 1. The van der Waals surface area contributed by atoms with Gasteiger partial charge in [-0.15, -0.1) is 0 Å². The van der Waals surface area contributed by atoms with Crippen LogP contribution in [-0.4, -0.2) is 6.04 Å². The van der Waals surface area contributed by atoms with E-state index in [4.69, 9.17) is 5.73 Å². The average molecular weight is 153 g/mol. The Kier molecular flexibility index (Phi) is 2.17. The van der Waals surface area contributed by atoms with Gasteiger partial charge in [-0.25, -0.2) is 0 Å². The topological polar surface area (TPSA) is 26.0 Å². The second-order valence-electron chi connectivity index (χ2n) is 4.38. The Morgan fingerprint density at radius 3 is 2.36 bits per heavy atom. The fourth-order valence-electron chi connectivity index (χ4n) is 2.91. The van der Waals surface area contributed by atoms with Crippen LogP contribution in [0, 0.1) is 11.8 Å². The Hall–Kier alpha value is -0.0400. The van der Waals surface area contributed by atoms with Gasteiger partial charge in [0.25, 0.3) is 0 Å². The molecule has 2 saturated carbocycles. The molecule has 0 spiro atoms. The summed E-state index contributed by atoms with van der Waals surface area (Å²) in [7, 11) is 0. The smallest absolute Gasteiger partial charge is 0.00416 e. The first kappa shape index (κ1) is 7.60. The molecule has 0 aromatic heterocycles.